The van der Waals surface area contributed by atoms with E-state index in [0.717, 1.165) is 12.1 Å². The number of halogens is 1. The van der Waals surface area contributed by atoms with E-state index in [1.165, 1.54) is 0 Å². The van der Waals surface area contributed by atoms with Gasteiger partial charge < -0.3 is 5.32 Å². The Morgan fingerprint density at radius 1 is 1.33 bits per heavy atom. The number of aryl methyl sites for hydroxylation is 1. The number of anilines is 1. The van der Waals surface area contributed by atoms with E-state index in [1.807, 2.05) is 6.07 Å². The van der Waals surface area contributed by atoms with E-state index in [4.69, 9.17) is 0 Å². The van der Waals surface area contributed by atoms with Crippen molar-refractivity contribution in [3.63, 3.8) is 0 Å². The first-order valence-electron chi connectivity index (χ1n) is 5.57. The van der Waals surface area contributed by atoms with Gasteiger partial charge in [0.25, 0.3) is 0 Å². The van der Waals surface area contributed by atoms with Gasteiger partial charge in [-0.1, -0.05) is 26.3 Å². The van der Waals surface area contributed by atoms with Crippen molar-refractivity contribution in [1.29, 1.82) is 0 Å². The molecule has 1 N–H and O–H groups in total. The summed E-state index contributed by atoms with van der Waals surface area (Å²) < 4.78 is 13.3. The van der Waals surface area contributed by atoms with Crippen molar-refractivity contribution in [2.75, 3.05) is 5.32 Å². The molecule has 1 aromatic rings. The zero-order chi connectivity index (χ0) is 11.4. The van der Waals surface area contributed by atoms with Crippen LogP contribution in [0.2, 0.25) is 0 Å². The van der Waals surface area contributed by atoms with Crippen molar-refractivity contribution in [3.05, 3.63) is 29.6 Å². The molecule has 2 atom stereocenters. The van der Waals surface area contributed by atoms with Crippen LogP contribution in [0.5, 0.6) is 0 Å². The van der Waals surface area contributed by atoms with Gasteiger partial charge >= 0.3 is 0 Å². The number of benzene rings is 1. The average molecular weight is 209 g/mol. The molecule has 0 aromatic heterocycles. The first kappa shape index (κ1) is 12.0. The van der Waals surface area contributed by atoms with Crippen LogP contribution in [0.15, 0.2) is 18.2 Å². The normalized spacial score (nSPS) is 14.7. The van der Waals surface area contributed by atoms with Crippen LogP contribution in [-0.2, 0) is 0 Å². The van der Waals surface area contributed by atoms with Gasteiger partial charge in [0.1, 0.15) is 5.82 Å². The zero-order valence-corrected chi connectivity index (χ0v) is 9.97. The second-order valence-electron chi connectivity index (χ2n) is 4.28. The molecule has 1 rings (SSSR count). The summed E-state index contributed by atoms with van der Waals surface area (Å²) in [6.45, 7) is 8.27. The molecule has 84 valence electrons. The Morgan fingerprint density at radius 2 is 2.00 bits per heavy atom. The van der Waals surface area contributed by atoms with Crippen molar-refractivity contribution >= 4 is 5.69 Å². The summed E-state index contributed by atoms with van der Waals surface area (Å²) in [7, 11) is 0. The fourth-order valence-electron chi connectivity index (χ4n) is 1.44. The zero-order valence-electron chi connectivity index (χ0n) is 9.97. The summed E-state index contributed by atoms with van der Waals surface area (Å²) in [6, 6.07) is 5.67. The Hall–Kier alpha value is -1.05. The van der Waals surface area contributed by atoms with E-state index in [0.29, 0.717) is 17.5 Å². The van der Waals surface area contributed by atoms with Crippen molar-refractivity contribution in [2.45, 2.75) is 40.2 Å². The molecule has 0 heterocycles. The molecule has 0 aliphatic rings. The van der Waals surface area contributed by atoms with Gasteiger partial charge in [-0.3, -0.25) is 0 Å². The fraction of sp³-hybridized carbons (Fsp3) is 0.538. The molecule has 2 unspecified atom stereocenters. The number of hydrogen-bond acceptors (Lipinski definition) is 1. The van der Waals surface area contributed by atoms with Crippen molar-refractivity contribution in [3.8, 4) is 0 Å². The second kappa shape index (κ2) is 5.15. The van der Waals surface area contributed by atoms with Crippen LogP contribution in [0.3, 0.4) is 0 Å². The minimum atomic E-state index is -0.142. The van der Waals surface area contributed by atoms with E-state index in [2.05, 4.69) is 26.1 Å². The lowest BCUT2D eigenvalue weighted by Crippen LogP contribution is -2.23. The SMILES string of the molecule is CCC(C)C(C)Nc1ccc(C)c(F)c1. The Labute approximate surface area is 91.7 Å². The maximum Gasteiger partial charge on any atom is 0.128 e. The third-order valence-electron chi connectivity index (χ3n) is 3.06. The highest BCUT2D eigenvalue weighted by molar-refractivity contribution is 5.45. The standard InChI is InChI=1S/C13H20FN/c1-5-9(2)11(4)15-12-7-6-10(3)13(14)8-12/h6-9,11,15H,5H2,1-4H3. The summed E-state index contributed by atoms with van der Waals surface area (Å²) in [5, 5.41) is 3.32. The quantitative estimate of drug-likeness (QED) is 0.791. The van der Waals surface area contributed by atoms with Crippen LogP contribution in [0.1, 0.15) is 32.8 Å². The summed E-state index contributed by atoms with van der Waals surface area (Å²) >= 11 is 0. The van der Waals surface area contributed by atoms with Crippen molar-refractivity contribution in [1.82, 2.24) is 0 Å². The van der Waals surface area contributed by atoms with E-state index in [1.54, 1.807) is 19.1 Å². The molecular formula is C13H20FN. The Bertz CT molecular complexity index is 322. The van der Waals surface area contributed by atoms with E-state index >= 15 is 0 Å². The molecule has 0 bridgehead atoms. The molecule has 0 aliphatic heterocycles. The van der Waals surface area contributed by atoms with Crippen LogP contribution in [0, 0.1) is 18.7 Å². The van der Waals surface area contributed by atoms with E-state index in [9.17, 15) is 4.39 Å². The highest BCUT2D eigenvalue weighted by Crippen LogP contribution is 2.17. The number of nitrogens with one attached hydrogen (secondary N) is 1. The van der Waals surface area contributed by atoms with Crippen LogP contribution >= 0.6 is 0 Å². The predicted molar refractivity (Wildman–Crippen MR) is 63.7 cm³/mol. The monoisotopic (exact) mass is 209 g/mol. The van der Waals surface area contributed by atoms with Crippen LogP contribution in [0.25, 0.3) is 0 Å². The Balaban J connectivity index is 2.68. The molecule has 0 saturated heterocycles. The molecule has 2 heteroatoms. The maximum atomic E-state index is 13.3. The van der Waals surface area contributed by atoms with Gasteiger partial charge in [0, 0.05) is 11.7 Å². The molecule has 0 saturated carbocycles. The first-order chi connectivity index (χ1) is 7.04. The third-order valence-corrected chi connectivity index (χ3v) is 3.06. The lowest BCUT2D eigenvalue weighted by atomic mass is 10.0. The molecule has 1 aromatic carbocycles. The minimum Gasteiger partial charge on any atom is -0.382 e. The van der Waals surface area contributed by atoms with Gasteiger partial charge in [0.15, 0.2) is 0 Å². The summed E-state index contributed by atoms with van der Waals surface area (Å²) in [5.41, 5.74) is 1.56. The minimum absolute atomic E-state index is 0.142. The summed E-state index contributed by atoms with van der Waals surface area (Å²) in [5.74, 6) is 0.450. The van der Waals surface area contributed by atoms with Gasteiger partial charge in [-0.25, -0.2) is 4.39 Å². The summed E-state index contributed by atoms with van der Waals surface area (Å²) in [6.07, 6.45) is 1.13. The van der Waals surface area contributed by atoms with Gasteiger partial charge in [-0.15, -0.1) is 0 Å². The van der Waals surface area contributed by atoms with Gasteiger partial charge in [-0.2, -0.15) is 0 Å². The van der Waals surface area contributed by atoms with Gasteiger partial charge in [0.2, 0.25) is 0 Å². The van der Waals surface area contributed by atoms with Crippen LogP contribution < -0.4 is 5.32 Å². The Kier molecular flexibility index (Phi) is 4.13. The third kappa shape index (κ3) is 3.22. The largest absolute Gasteiger partial charge is 0.382 e. The summed E-state index contributed by atoms with van der Waals surface area (Å²) in [4.78, 5) is 0. The van der Waals surface area contributed by atoms with Gasteiger partial charge in [0.05, 0.1) is 0 Å². The van der Waals surface area contributed by atoms with Gasteiger partial charge in [-0.05, 0) is 37.5 Å². The topological polar surface area (TPSA) is 12.0 Å². The van der Waals surface area contributed by atoms with Crippen LogP contribution in [0.4, 0.5) is 10.1 Å². The molecule has 0 fully saturated rings. The molecule has 0 radical (unpaired) electrons. The molecule has 0 aliphatic carbocycles. The number of hydrogen-bond donors (Lipinski definition) is 1. The maximum absolute atomic E-state index is 13.3. The lowest BCUT2D eigenvalue weighted by molar-refractivity contribution is 0.494. The second-order valence-corrected chi connectivity index (χ2v) is 4.28. The predicted octanol–water partition coefficient (Wildman–Crippen LogP) is 3.98. The van der Waals surface area contributed by atoms with E-state index < -0.39 is 0 Å². The van der Waals surface area contributed by atoms with Crippen LogP contribution in [-0.4, -0.2) is 6.04 Å². The molecular weight excluding hydrogens is 189 g/mol. The first-order valence-corrected chi connectivity index (χ1v) is 5.57. The molecule has 0 amide bonds. The Morgan fingerprint density at radius 3 is 2.53 bits per heavy atom. The molecule has 15 heavy (non-hydrogen) atoms. The smallest absolute Gasteiger partial charge is 0.128 e. The highest BCUT2D eigenvalue weighted by atomic mass is 19.1. The van der Waals surface area contributed by atoms with E-state index in [-0.39, 0.29) is 5.82 Å². The van der Waals surface area contributed by atoms with Crippen molar-refractivity contribution < 1.29 is 4.39 Å². The average Bonchev–Trinajstić information content (AvgIpc) is 2.22. The highest BCUT2D eigenvalue weighted by Gasteiger charge is 2.10. The fourth-order valence-corrected chi connectivity index (χ4v) is 1.44. The molecule has 0 spiro atoms. The molecule has 1 nitrogen and oxygen atoms in total. The number of rotatable bonds is 4. The van der Waals surface area contributed by atoms with Crippen molar-refractivity contribution in [2.24, 2.45) is 5.92 Å². The lowest BCUT2D eigenvalue weighted by Gasteiger charge is -2.21.